The summed E-state index contributed by atoms with van der Waals surface area (Å²) < 4.78 is 0. The zero-order valence-electron chi connectivity index (χ0n) is 11.7. The minimum absolute atomic E-state index is 0.00996. The highest BCUT2D eigenvalue weighted by atomic mass is 16.2. The van der Waals surface area contributed by atoms with Gasteiger partial charge in [-0.25, -0.2) is 0 Å². The van der Waals surface area contributed by atoms with Crippen LogP contribution in [0.3, 0.4) is 0 Å². The molecule has 0 aromatic carbocycles. The maximum Gasteiger partial charge on any atom is 0.255 e. The average Bonchev–Trinajstić information content (AvgIpc) is 2.48. The first-order valence-corrected chi connectivity index (χ1v) is 6.89. The average molecular weight is 276 g/mol. The summed E-state index contributed by atoms with van der Waals surface area (Å²) in [7, 11) is 0. The van der Waals surface area contributed by atoms with E-state index in [0.717, 1.165) is 13.1 Å². The molecule has 6 nitrogen and oxygen atoms in total. The monoisotopic (exact) mass is 276 g/mol. The molecule has 1 saturated heterocycles. The van der Waals surface area contributed by atoms with E-state index in [4.69, 9.17) is 0 Å². The smallest absolute Gasteiger partial charge is 0.255 e. The zero-order valence-corrected chi connectivity index (χ0v) is 11.7. The highest BCUT2D eigenvalue weighted by Gasteiger charge is 2.23. The van der Waals surface area contributed by atoms with E-state index in [1.54, 1.807) is 24.5 Å². The summed E-state index contributed by atoms with van der Waals surface area (Å²) in [4.78, 5) is 31.6. The van der Waals surface area contributed by atoms with Crippen molar-refractivity contribution in [3.05, 3.63) is 30.1 Å². The molecule has 2 heterocycles. The third kappa shape index (κ3) is 3.77. The molecule has 0 spiro atoms. The van der Waals surface area contributed by atoms with Gasteiger partial charge in [-0.05, 0) is 19.1 Å². The summed E-state index contributed by atoms with van der Waals surface area (Å²) in [6, 6.07) is 3.54. The third-order valence-electron chi connectivity index (χ3n) is 3.31. The molecule has 108 valence electrons. The van der Waals surface area contributed by atoms with Crippen molar-refractivity contribution in [3.63, 3.8) is 0 Å². The van der Waals surface area contributed by atoms with Crippen LogP contribution in [-0.4, -0.2) is 65.9 Å². The van der Waals surface area contributed by atoms with Crippen molar-refractivity contribution in [2.75, 3.05) is 39.3 Å². The predicted octanol–water partition coefficient (Wildman–Crippen LogP) is -0.0245. The number of aromatic nitrogens is 1. The van der Waals surface area contributed by atoms with Crippen LogP contribution in [0.15, 0.2) is 24.5 Å². The molecule has 0 unspecified atom stereocenters. The quantitative estimate of drug-likeness (QED) is 0.839. The van der Waals surface area contributed by atoms with Gasteiger partial charge in [0.2, 0.25) is 5.91 Å². The number of carbonyl (C=O) groups excluding carboxylic acids is 2. The van der Waals surface area contributed by atoms with Gasteiger partial charge in [0.15, 0.2) is 0 Å². The number of amides is 2. The van der Waals surface area contributed by atoms with E-state index in [0.29, 0.717) is 31.7 Å². The molecule has 0 bridgehead atoms. The van der Waals surface area contributed by atoms with Gasteiger partial charge in [0, 0.05) is 45.1 Å². The molecule has 20 heavy (non-hydrogen) atoms. The van der Waals surface area contributed by atoms with Crippen LogP contribution in [-0.2, 0) is 4.79 Å². The second kappa shape index (κ2) is 7.00. The molecular formula is C14H20N4O2. The SMILES string of the molecule is CCNC(=O)CN1CCN(C(=O)c2cccnc2)CC1. The number of piperazine rings is 1. The molecular weight excluding hydrogens is 256 g/mol. The fourth-order valence-corrected chi connectivity index (χ4v) is 2.24. The van der Waals surface area contributed by atoms with Gasteiger partial charge in [0.1, 0.15) is 0 Å². The Bertz CT molecular complexity index is 456. The molecule has 0 aliphatic carbocycles. The Morgan fingerprint density at radius 1 is 1.30 bits per heavy atom. The zero-order chi connectivity index (χ0) is 14.4. The minimum Gasteiger partial charge on any atom is -0.355 e. The molecule has 1 fully saturated rings. The van der Waals surface area contributed by atoms with Crippen molar-refractivity contribution in [1.82, 2.24) is 20.1 Å². The lowest BCUT2D eigenvalue weighted by molar-refractivity contribution is -0.122. The Labute approximate surface area is 118 Å². The molecule has 1 aliphatic rings. The Hall–Kier alpha value is -1.95. The number of pyridine rings is 1. The number of nitrogens with zero attached hydrogens (tertiary/aromatic N) is 3. The van der Waals surface area contributed by atoms with Crippen molar-refractivity contribution >= 4 is 11.8 Å². The van der Waals surface area contributed by atoms with Crippen LogP contribution in [0, 0.1) is 0 Å². The number of hydrogen-bond acceptors (Lipinski definition) is 4. The Balaban J connectivity index is 1.82. The second-order valence-corrected chi connectivity index (χ2v) is 4.76. The highest BCUT2D eigenvalue weighted by molar-refractivity contribution is 5.93. The lowest BCUT2D eigenvalue weighted by atomic mass is 10.2. The van der Waals surface area contributed by atoms with Gasteiger partial charge in [-0.15, -0.1) is 0 Å². The third-order valence-corrected chi connectivity index (χ3v) is 3.31. The maximum atomic E-state index is 12.2. The summed E-state index contributed by atoms with van der Waals surface area (Å²) in [5.41, 5.74) is 0.615. The van der Waals surface area contributed by atoms with Crippen molar-refractivity contribution in [2.45, 2.75) is 6.92 Å². The van der Waals surface area contributed by atoms with Crippen LogP contribution in [0.5, 0.6) is 0 Å². The van der Waals surface area contributed by atoms with E-state index in [2.05, 4.69) is 15.2 Å². The van der Waals surface area contributed by atoms with Gasteiger partial charge in [0.25, 0.3) is 5.91 Å². The lowest BCUT2D eigenvalue weighted by Crippen LogP contribution is -2.51. The van der Waals surface area contributed by atoms with Gasteiger partial charge in [-0.3, -0.25) is 19.5 Å². The lowest BCUT2D eigenvalue weighted by Gasteiger charge is -2.34. The molecule has 0 radical (unpaired) electrons. The molecule has 1 aliphatic heterocycles. The molecule has 2 rings (SSSR count). The molecule has 1 aromatic rings. The van der Waals surface area contributed by atoms with Crippen LogP contribution in [0.2, 0.25) is 0 Å². The van der Waals surface area contributed by atoms with Gasteiger partial charge >= 0.3 is 0 Å². The van der Waals surface area contributed by atoms with Crippen LogP contribution < -0.4 is 5.32 Å². The van der Waals surface area contributed by atoms with E-state index in [1.807, 2.05) is 11.8 Å². The summed E-state index contributed by atoms with van der Waals surface area (Å²) in [6.45, 7) is 5.70. The molecule has 1 aromatic heterocycles. The topological polar surface area (TPSA) is 65.5 Å². The molecule has 0 atom stereocenters. The number of likely N-dealkylation sites (N-methyl/N-ethyl adjacent to an activating group) is 1. The van der Waals surface area contributed by atoms with Crippen LogP contribution in [0.1, 0.15) is 17.3 Å². The Morgan fingerprint density at radius 2 is 2.05 bits per heavy atom. The standard InChI is InChI=1S/C14H20N4O2/c1-2-16-13(19)11-17-6-8-18(9-7-17)14(20)12-4-3-5-15-10-12/h3-5,10H,2,6-9,11H2,1H3,(H,16,19). The summed E-state index contributed by atoms with van der Waals surface area (Å²) in [6.07, 6.45) is 3.24. The first kappa shape index (κ1) is 14.5. The first-order chi connectivity index (χ1) is 9.70. The largest absolute Gasteiger partial charge is 0.355 e. The van der Waals surface area contributed by atoms with E-state index in [1.165, 1.54) is 0 Å². The Morgan fingerprint density at radius 3 is 2.65 bits per heavy atom. The van der Waals surface area contributed by atoms with Crippen molar-refractivity contribution in [2.24, 2.45) is 0 Å². The predicted molar refractivity (Wildman–Crippen MR) is 75.3 cm³/mol. The molecule has 2 amide bonds. The highest BCUT2D eigenvalue weighted by Crippen LogP contribution is 2.07. The second-order valence-electron chi connectivity index (χ2n) is 4.76. The van der Waals surface area contributed by atoms with E-state index in [-0.39, 0.29) is 11.8 Å². The summed E-state index contributed by atoms with van der Waals surface area (Å²) >= 11 is 0. The van der Waals surface area contributed by atoms with E-state index >= 15 is 0 Å². The fraction of sp³-hybridized carbons (Fsp3) is 0.500. The summed E-state index contributed by atoms with van der Waals surface area (Å²) in [5, 5.41) is 2.78. The maximum absolute atomic E-state index is 12.2. The normalized spacial score (nSPS) is 15.9. The van der Waals surface area contributed by atoms with Crippen LogP contribution in [0.25, 0.3) is 0 Å². The van der Waals surface area contributed by atoms with Crippen molar-refractivity contribution in [1.29, 1.82) is 0 Å². The van der Waals surface area contributed by atoms with Crippen LogP contribution in [0.4, 0.5) is 0 Å². The number of nitrogens with one attached hydrogen (secondary N) is 1. The van der Waals surface area contributed by atoms with Crippen molar-refractivity contribution in [3.8, 4) is 0 Å². The summed E-state index contributed by atoms with van der Waals surface area (Å²) in [5.74, 6) is 0.0512. The fourth-order valence-electron chi connectivity index (χ4n) is 2.24. The molecule has 0 saturated carbocycles. The first-order valence-electron chi connectivity index (χ1n) is 6.89. The van der Waals surface area contributed by atoms with Crippen LogP contribution >= 0.6 is 0 Å². The van der Waals surface area contributed by atoms with Crippen molar-refractivity contribution < 1.29 is 9.59 Å². The van der Waals surface area contributed by atoms with E-state index < -0.39 is 0 Å². The molecule has 6 heteroatoms. The van der Waals surface area contributed by atoms with Gasteiger partial charge < -0.3 is 10.2 Å². The number of hydrogen-bond donors (Lipinski definition) is 1. The van der Waals surface area contributed by atoms with E-state index in [9.17, 15) is 9.59 Å². The van der Waals surface area contributed by atoms with Gasteiger partial charge in [-0.2, -0.15) is 0 Å². The number of rotatable bonds is 4. The number of carbonyl (C=O) groups is 2. The Kier molecular flexibility index (Phi) is 5.06. The van der Waals surface area contributed by atoms with Gasteiger partial charge in [-0.1, -0.05) is 0 Å². The van der Waals surface area contributed by atoms with Gasteiger partial charge in [0.05, 0.1) is 12.1 Å². The minimum atomic E-state index is 0.00996. The molecule has 1 N–H and O–H groups in total.